The number of alkyl halides is 1. The van der Waals surface area contributed by atoms with Crippen molar-refractivity contribution in [3.8, 4) is 0 Å². The number of aryl methyl sites for hydroxylation is 2. The van der Waals surface area contributed by atoms with Gasteiger partial charge in [-0.15, -0.1) is 22.9 Å². The average Bonchev–Trinajstić information content (AvgIpc) is 2.75. The zero-order valence-corrected chi connectivity index (χ0v) is 11.0. The van der Waals surface area contributed by atoms with Crippen molar-refractivity contribution in [3.63, 3.8) is 0 Å². The lowest BCUT2D eigenvalue weighted by molar-refractivity contribution is 0.0957. The molecule has 0 aromatic carbocycles. The molecule has 0 radical (unpaired) electrons. The predicted octanol–water partition coefficient (Wildman–Crippen LogP) is 2.98. The molecule has 1 N–H and O–H groups in total. The molecule has 1 unspecified atom stereocenters. The van der Waals surface area contributed by atoms with Crippen LogP contribution >= 0.6 is 22.9 Å². The monoisotopic (exact) mass is 257 g/mol. The Bertz CT molecular complexity index is 365. The first-order valence-electron chi connectivity index (χ1n) is 5.70. The number of amides is 1. The molecule has 16 heavy (non-hydrogen) atoms. The summed E-state index contributed by atoms with van der Waals surface area (Å²) in [5, 5.41) is 3.03. The molecule has 0 spiro atoms. The molecule has 1 atom stereocenters. The Labute approximate surface area is 105 Å². The van der Waals surface area contributed by atoms with Crippen LogP contribution in [0.15, 0.2) is 6.07 Å². The van der Waals surface area contributed by atoms with Crippen LogP contribution in [0.5, 0.6) is 0 Å². The number of hydrogen-bond donors (Lipinski definition) is 1. The molecule has 88 valence electrons. The van der Waals surface area contributed by atoms with E-state index >= 15 is 0 Å². The highest BCUT2D eigenvalue weighted by atomic mass is 35.5. The quantitative estimate of drug-likeness (QED) is 0.826. The molecule has 1 aromatic heterocycles. The molecule has 1 aliphatic rings. The van der Waals surface area contributed by atoms with E-state index in [9.17, 15) is 4.79 Å². The van der Waals surface area contributed by atoms with Gasteiger partial charge in [-0.1, -0.05) is 0 Å². The van der Waals surface area contributed by atoms with Crippen LogP contribution in [0.3, 0.4) is 0 Å². The zero-order chi connectivity index (χ0) is 11.5. The van der Waals surface area contributed by atoms with Gasteiger partial charge < -0.3 is 5.32 Å². The maximum Gasteiger partial charge on any atom is 0.261 e. The summed E-state index contributed by atoms with van der Waals surface area (Å²) in [5.74, 6) is 0.0525. The van der Waals surface area contributed by atoms with Crippen LogP contribution < -0.4 is 5.32 Å². The lowest BCUT2D eigenvalue weighted by Gasteiger charge is -2.04. The summed E-state index contributed by atoms with van der Waals surface area (Å²) >= 11 is 7.46. The van der Waals surface area contributed by atoms with Crippen LogP contribution in [-0.2, 0) is 12.8 Å². The van der Waals surface area contributed by atoms with E-state index in [4.69, 9.17) is 11.6 Å². The van der Waals surface area contributed by atoms with Crippen LogP contribution in [-0.4, -0.2) is 17.8 Å². The molecule has 1 aliphatic carbocycles. The standard InChI is InChI=1S/C12H16ClNOS/c1-8(13)5-6-14-12(15)11-7-9-3-2-4-10(9)16-11/h7-8H,2-6H2,1H3,(H,14,15). The number of carbonyl (C=O) groups is 1. The molecule has 1 amide bonds. The molecular weight excluding hydrogens is 242 g/mol. The molecule has 2 nitrogen and oxygen atoms in total. The molecule has 1 heterocycles. The second-order valence-corrected chi connectivity index (χ2v) is 6.12. The van der Waals surface area contributed by atoms with Gasteiger partial charge >= 0.3 is 0 Å². The van der Waals surface area contributed by atoms with Gasteiger partial charge in [-0.25, -0.2) is 0 Å². The summed E-state index contributed by atoms with van der Waals surface area (Å²) in [4.78, 5) is 14.0. The molecule has 0 aliphatic heterocycles. The Morgan fingerprint density at radius 2 is 2.44 bits per heavy atom. The first-order valence-corrected chi connectivity index (χ1v) is 6.96. The fourth-order valence-electron chi connectivity index (χ4n) is 1.91. The summed E-state index contributed by atoms with van der Waals surface area (Å²) in [5.41, 5.74) is 1.38. The smallest absolute Gasteiger partial charge is 0.261 e. The number of nitrogens with one attached hydrogen (secondary N) is 1. The highest BCUT2D eigenvalue weighted by Crippen LogP contribution is 2.30. The molecule has 0 fully saturated rings. The van der Waals surface area contributed by atoms with Crippen molar-refractivity contribution >= 4 is 28.8 Å². The van der Waals surface area contributed by atoms with Gasteiger partial charge in [0.25, 0.3) is 5.91 Å². The second-order valence-electron chi connectivity index (χ2n) is 4.24. The molecule has 1 aromatic rings. The predicted molar refractivity (Wildman–Crippen MR) is 68.6 cm³/mol. The van der Waals surface area contributed by atoms with Gasteiger partial charge in [-0.2, -0.15) is 0 Å². The number of hydrogen-bond acceptors (Lipinski definition) is 2. The lowest BCUT2D eigenvalue weighted by atomic mass is 10.2. The van der Waals surface area contributed by atoms with Gasteiger partial charge in [-0.3, -0.25) is 4.79 Å². The van der Waals surface area contributed by atoms with E-state index < -0.39 is 0 Å². The first kappa shape index (κ1) is 11.9. The maximum absolute atomic E-state index is 11.8. The molecular formula is C12H16ClNOS. The van der Waals surface area contributed by atoms with Gasteiger partial charge in [0.05, 0.1) is 4.88 Å². The third-order valence-electron chi connectivity index (χ3n) is 2.80. The molecule has 0 bridgehead atoms. The largest absolute Gasteiger partial charge is 0.351 e. The number of thiophene rings is 1. The summed E-state index contributed by atoms with van der Waals surface area (Å²) in [6.45, 7) is 2.60. The SMILES string of the molecule is CC(Cl)CCNC(=O)c1cc2c(s1)CCC2. The normalized spacial score (nSPS) is 15.9. The van der Waals surface area contributed by atoms with Crippen molar-refractivity contribution in [3.05, 3.63) is 21.4 Å². The topological polar surface area (TPSA) is 29.1 Å². The fourth-order valence-corrected chi connectivity index (χ4v) is 3.19. The van der Waals surface area contributed by atoms with Crippen LogP contribution in [0.4, 0.5) is 0 Å². The minimum atomic E-state index is 0.0525. The third kappa shape index (κ3) is 2.77. The van der Waals surface area contributed by atoms with Crippen molar-refractivity contribution < 1.29 is 4.79 Å². The Morgan fingerprint density at radius 1 is 1.62 bits per heavy atom. The van der Waals surface area contributed by atoms with E-state index in [2.05, 4.69) is 5.32 Å². The van der Waals surface area contributed by atoms with Crippen molar-refractivity contribution in [1.29, 1.82) is 0 Å². The number of halogens is 1. The van der Waals surface area contributed by atoms with Gasteiger partial charge in [0.15, 0.2) is 0 Å². The van der Waals surface area contributed by atoms with Gasteiger partial charge in [0.2, 0.25) is 0 Å². The van der Waals surface area contributed by atoms with Crippen LogP contribution in [0, 0.1) is 0 Å². The average molecular weight is 258 g/mol. The molecule has 0 saturated heterocycles. The van der Waals surface area contributed by atoms with E-state index in [0.717, 1.165) is 24.1 Å². The molecule has 2 rings (SSSR count). The van der Waals surface area contributed by atoms with E-state index in [1.165, 1.54) is 16.9 Å². The van der Waals surface area contributed by atoms with Crippen LogP contribution in [0.1, 0.15) is 39.9 Å². The fraction of sp³-hybridized carbons (Fsp3) is 0.583. The number of rotatable bonds is 4. The summed E-state index contributed by atoms with van der Waals surface area (Å²) in [6.07, 6.45) is 4.34. The highest BCUT2D eigenvalue weighted by molar-refractivity contribution is 7.14. The number of fused-ring (bicyclic) bond motifs is 1. The Morgan fingerprint density at radius 3 is 3.12 bits per heavy atom. The van der Waals surface area contributed by atoms with Crippen molar-refractivity contribution in [2.45, 2.75) is 38.0 Å². The van der Waals surface area contributed by atoms with E-state index in [0.29, 0.717) is 6.54 Å². The number of carbonyl (C=O) groups excluding carboxylic acids is 1. The molecule has 4 heteroatoms. The second kappa shape index (κ2) is 5.19. The Hall–Kier alpha value is -0.540. The Kier molecular flexibility index (Phi) is 3.87. The van der Waals surface area contributed by atoms with Gasteiger partial charge in [0.1, 0.15) is 0 Å². The maximum atomic E-state index is 11.8. The molecule has 0 saturated carbocycles. The van der Waals surface area contributed by atoms with Gasteiger partial charge in [-0.05, 0) is 44.2 Å². The zero-order valence-electron chi connectivity index (χ0n) is 9.38. The third-order valence-corrected chi connectivity index (χ3v) is 4.25. The van der Waals surface area contributed by atoms with E-state index in [1.54, 1.807) is 11.3 Å². The minimum Gasteiger partial charge on any atom is -0.351 e. The Balaban J connectivity index is 1.89. The lowest BCUT2D eigenvalue weighted by Crippen LogP contribution is -2.24. The van der Waals surface area contributed by atoms with Gasteiger partial charge in [0, 0.05) is 16.8 Å². The van der Waals surface area contributed by atoms with Crippen molar-refractivity contribution in [2.24, 2.45) is 0 Å². The first-order chi connectivity index (χ1) is 7.66. The summed E-state index contributed by atoms with van der Waals surface area (Å²) in [7, 11) is 0. The summed E-state index contributed by atoms with van der Waals surface area (Å²) < 4.78 is 0. The van der Waals surface area contributed by atoms with Crippen molar-refractivity contribution in [2.75, 3.05) is 6.54 Å². The van der Waals surface area contributed by atoms with E-state index in [-0.39, 0.29) is 11.3 Å². The van der Waals surface area contributed by atoms with Crippen LogP contribution in [0.2, 0.25) is 0 Å². The van der Waals surface area contributed by atoms with Crippen molar-refractivity contribution in [1.82, 2.24) is 5.32 Å². The van der Waals surface area contributed by atoms with Crippen LogP contribution in [0.25, 0.3) is 0 Å². The minimum absolute atomic E-state index is 0.0525. The van der Waals surface area contributed by atoms with E-state index in [1.807, 2.05) is 13.0 Å². The highest BCUT2D eigenvalue weighted by Gasteiger charge is 2.18. The summed E-state index contributed by atoms with van der Waals surface area (Å²) in [6, 6.07) is 2.05.